The normalized spacial score (nSPS) is 20.9. The third kappa shape index (κ3) is 2.36. The monoisotopic (exact) mass is 358 g/mol. The lowest BCUT2D eigenvalue weighted by molar-refractivity contribution is -0.385. The molecule has 27 heavy (non-hydrogen) atoms. The Balaban J connectivity index is 1.81. The second kappa shape index (κ2) is 5.93. The molecular weight excluding hydrogens is 340 g/mol. The molecule has 3 aromatic rings. The first-order valence-corrected chi connectivity index (χ1v) is 9.21. The van der Waals surface area contributed by atoms with Crippen LogP contribution in [-0.4, -0.2) is 27.5 Å². The third-order valence-electron chi connectivity index (χ3n) is 5.93. The van der Waals surface area contributed by atoms with Crippen molar-refractivity contribution in [2.45, 2.75) is 25.3 Å². The standard InChI is InChI=1S/C21H18N4O2/c22-12-15-11-16(5-6-19(15)25(26)27)24-20-4-2-1-3-17(20)18-13-23-9-7-14(8-10-23)21(18)24/h1-6,11,14H,7-10,13H2. The molecule has 0 radical (unpaired) electrons. The van der Waals surface area contributed by atoms with Crippen LogP contribution in [0.2, 0.25) is 0 Å². The molecule has 0 aliphatic carbocycles. The summed E-state index contributed by atoms with van der Waals surface area (Å²) in [5.41, 5.74) is 4.57. The Morgan fingerprint density at radius 3 is 2.67 bits per heavy atom. The molecule has 2 bridgehead atoms. The summed E-state index contributed by atoms with van der Waals surface area (Å²) in [6, 6.07) is 15.2. The van der Waals surface area contributed by atoms with Crippen LogP contribution in [0.1, 0.15) is 35.6 Å². The van der Waals surface area contributed by atoms with Crippen molar-refractivity contribution in [1.29, 1.82) is 5.26 Å². The van der Waals surface area contributed by atoms with Crippen LogP contribution >= 0.6 is 0 Å². The lowest BCUT2D eigenvalue weighted by Crippen LogP contribution is -2.29. The Labute approximate surface area is 156 Å². The van der Waals surface area contributed by atoms with Gasteiger partial charge in [0.1, 0.15) is 11.6 Å². The number of piperidine rings is 1. The summed E-state index contributed by atoms with van der Waals surface area (Å²) in [6.07, 6.45) is 2.25. The molecule has 6 heteroatoms. The predicted molar refractivity (Wildman–Crippen MR) is 102 cm³/mol. The van der Waals surface area contributed by atoms with Gasteiger partial charge in [0.15, 0.2) is 0 Å². The molecule has 3 aliphatic heterocycles. The highest BCUT2D eigenvalue weighted by atomic mass is 16.6. The lowest BCUT2D eigenvalue weighted by Gasteiger charge is -2.27. The molecule has 134 valence electrons. The van der Waals surface area contributed by atoms with E-state index >= 15 is 0 Å². The minimum absolute atomic E-state index is 0.103. The van der Waals surface area contributed by atoms with Gasteiger partial charge in [0.2, 0.25) is 0 Å². The quantitative estimate of drug-likeness (QED) is 0.510. The molecular formula is C21H18N4O2. The Bertz CT molecular complexity index is 1120. The van der Waals surface area contributed by atoms with E-state index in [1.54, 1.807) is 12.1 Å². The van der Waals surface area contributed by atoms with Gasteiger partial charge in [0.25, 0.3) is 5.69 Å². The number of nitriles is 1. The number of aromatic nitrogens is 1. The Kier molecular flexibility index (Phi) is 3.52. The Hall–Kier alpha value is -3.17. The van der Waals surface area contributed by atoms with Crippen LogP contribution in [0.5, 0.6) is 0 Å². The van der Waals surface area contributed by atoms with Gasteiger partial charge < -0.3 is 4.57 Å². The molecule has 1 saturated heterocycles. The molecule has 2 aromatic carbocycles. The summed E-state index contributed by atoms with van der Waals surface area (Å²) in [4.78, 5) is 13.2. The van der Waals surface area contributed by atoms with Crippen molar-refractivity contribution in [3.63, 3.8) is 0 Å². The van der Waals surface area contributed by atoms with E-state index in [1.165, 1.54) is 22.7 Å². The summed E-state index contributed by atoms with van der Waals surface area (Å²) >= 11 is 0. The fraction of sp³-hybridized carbons (Fsp3) is 0.286. The van der Waals surface area contributed by atoms with Crippen LogP contribution in [0.25, 0.3) is 16.6 Å². The van der Waals surface area contributed by atoms with Crippen molar-refractivity contribution < 1.29 is 4.92 Å². The topological polar surface area (TPSA) is 75.1 Å². The number of nitro benzene ring substituents is 1. The van der Waals surface area contributed by atoms with E-state index in [4.69, 9.17) is 0 Å². The van der Waals surface area contributed by atoms with Gasteiger partial charge >= 0.3 is 0 Å². The van der Waals surface area contributed by atoms with Crippen molar-refractivity contribution >= 4 is 16.6 Å². The fourth-order valence-corrected chi connectivity index (χ4v) is 4.70. The van der Waals surface area contributed by atoms with Crippen molar-refractivity contribution in [1.82, 2.24) is 9.47 Å². The van der Waals surface area contributed by atoms with Crippen molar-refractivity contribution in [2.75, 3.05) is 13.1 Å². The number of para-hydroxylation sites is 1. The van der Waals surface area contributed by atoms with Gasteiger partial charge in [-0.3, -0.25) is 15.0 Å². The number of hydrogen-bond acceptors (Lipinski definition) is 4. The van der Waals surface area contributed by atoms with Crippen molar-refractivity contribution in [3.8, 4) is 11.8 Å². The fourth-order valence-electron chi connectivity index (χ4n) is 4.70. The van der Waals surface area contributed by atoms with Crippen molar-refractivity contribution in [3.05, 3.63) is 69.4 Å². The highest BCUT2D eigenvalue weighted by molar-refractivity contribution is 5.88. The first kappa shape index (κ1) is 16.0. The van der Waals surface area contributed by atoms with Gasteiger partial charge in [0.05, 0.1) is 10.4 Å². The molecule has 0 unspecified atom stereocenters. The first-order chi connectivity index (χ1) is 13.2. The molecule has 0 N–H and O–H groups in total. The van der Waals surface area contributed by atoms with Crippen LogP contribution < -0.4 is 0 Å². The zero-order valence-corrected chi connectivity index (χ0v) is 14.8. The second-order valence-electron chi connectivity index (χ2n) is 7.34. The zero-order chi connectivity index (χ0) is 18.5. The molecule has 1 aromatic heterocycles. The highest BCUT2D eigenvalue weighted by Crippen LogP contribution is 2.42. The molecule has 0 spiro atoms. The van der Waals surface area contributed by atoms with Gasteiger partial charge in [-0.05, 0) is 49.7 Å². The maximum Gasteiger partial charge on any atom is 0.287 e. The molecule has 0 amide bonds. The summed E-state index contributed by atoms with van der Waals surface area (Å²) in [5, 5.41) is 21.9. The largest absolute Gasteiger partial charge is 0.313 e. The highest BCUT2D eigenvalue weighted by Gasteiger charge is 2.33. The second-order valence-corrected chi connectivity index (χ2v) is 7.34. The van der Waals surface area contributed by atoms with E-state index in [0.29, 0.717) is 5.92 Å². The molecule has 1 fully saturated rings. The Morgan fingerprint density at radius 2 is 1.93 bits per heavy atom. The Morgan fingerprint density at radius 1 is 1.15 bits per heavy atom. The van der Waals surface area contributed by atoms with Crippen molar-refractivity contribution in [2.24, 2.45) is 0 Å². The van der Waals surface area contributed by atoms with E-state index in [2.05, 4.69) is 27.7 Å². The molecule has 3 aliphatic rings. The maximum absolute atomic E-state index is 11.2. The van der Waals surface area contributed by atoms with Gasteiger partial charge in [-0.25, -0.2) is 0 Å². The summed E-state index contributed by atoms with van der Waals surface area (Å²) < 4.78 is 2.23. The van der Waals surface area contributed by atoms with Crippen LogP contribution in [0.15, 0.2) is 42.5 Å². The average molecular weight is 358 g/mol. The average Bonchev–Trinajstić information content (AvgIpc) is 2.81. The summed E-state index contributed by atoms with van der Waals surface area (Å²) in [5.74, 6) is 0.479. The van der Waals surface area contributed by atoms with Gasteiger partial charge in [-0.1, -0.05) is 18.2 Å². The smallest absolute Gasteiger partial charge is 0.287 e. The molecule has 6 rings (SSSR count). The van der Waals surface area contributed by atoms with Crippen LogP contribution in [0.4, 0.5) is 5.69 Å². The van der Waals surface area contributed by atoms with E-state index in [-0.39, 0.29) is 11.3 Å². The zero-order valence-electron chi connectivity index (χ0n) is 14.8. The van der Waals surface area contributed by atoms with E-state index in [1.807, 2.05) is 12.1 Å². The number of rotatable bonds is 2. The minimum atomic E-state index is -0.495. The molecule has 0 saturated carbocycles. The lowest BCUT2D eigenvalue weighted by atomic mass is 9.94. The molecule has 4 heterocycles. The summed E-state index contributed by atoms with van der Waals surface area (Å²) in [7, 11) is 0. The van der Waals surface area contributed by atoms with E-state index < -0.39 is 4.92 Å². The third-order valence-corrected chi connectivity index (χ3v) is 5.93. The number of nitrogens with zero attached hydrogens (tertiary/aromatic N) is 4. The predicted octanol–water partition coefficient (Wildman–Crippen LogP) is 4.10. The molecule has 0 atom stereocenters. The first-order valence-electron chi connectivity index (χ1n) is 9.21. The van der Waals surface area contributed by atoms with Crippen LogP contribution in [-0.2, 0) is 6.54 Å². The van der Waals surface area contributed by atoms with Gasteiger partial charge in [-0.15, -0.1) is 0 Å². The maximum atomic E-state index is 11.2. The van der Waals surface area contributed by atoms with Crippen LogP contribution in [0.3, 0.4) is 0 Å². The van der Waals surface area contributed by atoms with E-state index in [9.17, 15) is 15.4 Å². The van der Waals surface area contributed by atoms with Gasteiger partial charge in [-0.2, -0.15) is 5.26 Å². The van der Waals surface area contributed by atoms with Gasteiger partial charge in [0, 0.05) is 35.3 Å². The van der Waals surface area contributed by atoms with E-state index in [0.717, 1.165) is 43.7 Å². The minimum Gasteiger partial charge on any atom is -0.313 e. The number of hydrogen-bond donors (Lipinski definition) is 0. The molecule has 6 nitrogen and oxygen atoms in total. The number of nitro groups is 1. The summed E-state index contributed by atoms with van der Waals surface area (Å²) in [6.45, 7) is 3.16. The number of benzene rings is 2. The number of fused-ring (bicyclic) bond motifs is 3. The SMILES string of the molecule is N#Cc1cc(-n2c3c(c4ccccc42)CN2CCC3CC2)ccc1[N+](=O)[O-]. The van der Waals surface area contributed by atoms with Crippen LogP contribution in [0, 0.1) is 21.4 Å².